The van der Waals surface area contributed by atoms with Crippen LogP contribution in [0.15, 0.2) is 36.9 Å². The van der Waals surface area contributed by atoms with E-state index in [2.05, 4.69) is 22.7 Å². The molecule has 0 fully saturated rings. The van der Waals surface area contributed by atoms with Crippen molar-refractivity contribution in [3.8, 4) is 0 Å². The van der Waals surface area contributed by atoms with Gasteiger partial charge in [0.1, 0.15) is 0 Å². The van der Waals surface area contributed by atoms with Crippen molar-refractivity contribution in [2.24, 2.45) is 0 Å². The van der Waals surface area contributed by atoms with Crippen molar-refractivity contribution in [3.05, 3.63) is 48.0 Å². The minimum Gasteiger partial charge on any atom is -0.308 e. The zero-order valence-corrected chi connectivity index (χ0v) is 11.0. The first-order valence-corrected chi connectivity index (χ1v) is 7.67. The van der Waals surface area contributed by atoms with E-state index in [0.717, 1.165) is 13.0 Å². The third-order valence-electron chi connectivity index (χ3n) is 3.06. The van der Waals surface area contributed by atoms with Crippen LogP contribution in [0.4, 0.5) is 0 Å². The van der Waals surface area contributed by atoms with Crippen LogP contribution in [0.1, 0.15) is 17.2 Å². The smallest absolute Gasteiger partial charge is 0.215 e. The predicted molar refractivity (Wildman–Crippen MR) is 72.9 cm³/mol. The van der Waals surface area contributed by atoms with E-state index in [1.54, 1.807) is 0 Å². The van der Waals surface area contributed by atoms with Crippen molar-refractivity contribution >= 4 is 10.0 Å². The van der Waals surface area contributed by atoms with Gasteiger partial charge in [0.15, 0.2) is 0 Å². The molecule has 0 spiro atoms. The van der Waals surface area contributed by atoms with E-state index >= 15 is 0 Å². The number of rotatable bonds is 5. The summed E-state index contributed by atoms with van der Waals surface area (Å²) in [6.07, 6.45) is 2.39. The van der Waals surface area contributed by atoms with E-state index in [4.69, 9.17) is 0 Å². The second-order valence-corrected chi connectivity index (χ2v) is 6.23. The lowest BCUT2D eigenvalue weighted by Crippen LogP contribution is -2.39. The summed E-state index contributed by atoms with van der Waals surface area (Å²) < 4.78 is 25.8. The summed E-state index contributed by atoms with van der Waals surface area (Å²) in [4.78, 5) is 0. The minimum absolute atomic E-state index is 0.0403. The largest absolute Gasteiger partial charge is 0.308 e. The van der Waals surface area contributed by atoms with Crippen LogP contribution < -0.4 is 10.0 Å². The van der Waals surface area contributed by atoms with Gasteiger partial charge in [-0.2, -0.15) is 0 Å². The van der Waals surface area contributed by atoms with Crippen LogP contribution in [0.3, 0.4) is 0 Å². The van der Waals surface area contributed by atoms with E-state index < -0.39 is 10.0 Å². The second kappa shape index (κ2) is 5.65. The highest BCUT2D eigenvalue weighted by Gasteiger charge is 2.20. The summed E-state index contributed by atoms with van der Waals surface area (Å²) in [7, 11) is -3.24. The SMILES string of the molecule is C=CCS(=O)(=O)NCC1NCCc2ccccc21. The van der Waals surface area contributed by atoms with Gasteiger partial charge in [0.25, 0.3) is 0 Å². The molecule has 1 heterocycles. The molecule has 5 heteroatoms. The average molecular weight is 266 g/mol. The maximum absolute atomic E-state index is 11.6. The Morgan fingerprint density at radius 3 is 3.00 bits per heavy atom. The molecule has 2 rings (SSSR count). The second-order valence-electron chi connectivity index (χ2n) is 4.37. The number of hydrogen-bond acceptors (Lipinski definition) is 3. The molecule has 0 saturated heterocycles. The van der Waals surface area contributed by atoms with Crippen LogP contribution in [0.5, 0.6) is 0 Å². The van der Waals surface area contributed by atoms with Gasteiger partial charge in [0.2, 0.25) is 10.0 Å². The van der Waals surface area contributed by atoms with E-state index in [9.17, 15) is 8.42 Å². The zero-order chi connectivity index (χ0) is 13.0. The monoisotopic (exact) mass is 266 g/mol. The van der Waals surface area contributed by atoms with Gasteiger partial charge in [-0.05, 0) is 24.1 Å². The topological polar surface area (TPSA) is 58.2 Å². The maximum Gasteiger partial charge on any atom is 0.215 e. The first-order valence-electron chi connectivity index (χ1n) is 6.02. The van der Waals surface area contributed by atoms with Crippen LogP contribution in [-0.4, -0.2) is 27.3 Å². The minimum atomic E-state index is -3.24. The molecule has 0 aromatic heterocycles. The standard InChI is InChI=1S/C13H18N2O2S/c1-2-9-18(16,17)15-10-13-12-6-4-3-5-11(12)7-8-14-13/h2-6,13-15H,1,7-10H2. The number of hydrogen-bond donors (Lipinski definition) is 2. The molecule has 2 N–H and O–H groups in total. The Bertz CT molecular complexity index is 526. The molecule has 0 amide bonds. The fraction of sp³-hybridized carbons (Fsp3) is 0.385. The van der Waals surface area contributed by atoms with Crippen molar-refractivity contribution < 1.29 is 8.42 Å². The van der Waals surface area contributed by atoms with Crippen molar-refractivity contribution in [1.82, 2.24) is 10.0 Å². The highest BCUT2D eigenvalue weighted by atomic mass is 32.2. The number of fused-ring (bicyclic) bond motifs is 1. The van der Waals surface area contributed by atoms with Crippen LogP contribution in [0.25, 0.3) is 0 Å². The first-order chi connectivity index (χ1) is 8.62. The Hall–Kier alpha value is -1.17. The molecular weight excluding hydrogens is 248 g/mol. The van der Waals surface area contributed by atoms with Gasteiger partial charge in [0.05, 0.1) is 5.75 Å². The molecule has 0 saturated carbocycles. The molecule has 4 nitrogen and oxygen atoms in total. The summed E-state index contributed by atoms with van der Waals surface area (Å²) in [5.41, 5.74) is 2.48. The fourth-order valence-corrected chi connectivity index (χ4v) is 3.05. The zero-order valence-electron chi connectivity index (χ0n) is 10.2. The lowest BCUT2D eigenvalue weighted by Gasteiger charge is -2.27. The normalized spacial score (nSPS) is 19.2. The average Bonchev–Trinajstić information content (AvgIpc) is 2.36. The Morgan fingerprint density at radius 2 is 2.22 bits per heavy atom. The van der Waals surface area contributed by atoms with Crippen LogP contribution >= 0.6 is 0 Å². The summed E-state index contributed by atoms with van der Waals surface area (Å²) in [6.45, 7) is 4.70. The summed E-state index contributed by atoms with van der Waals surface area (Å²) >= 11 is 0. The molecule has 0 radical (unpaired) electrons. The molecular formula is C13H18N2O2S. The van der Waals surface area contributed by atoms with Crippen LogP contribution in [0.2, 0.25) is 0 Å². The molecule has 0 aliphatic carbocycles. The van der Waals surface area contributed by atoms with Gasteiger partial charge in [-0.1, -0.05) is 30.3 Å². The molecule has 1 unspecified atom stereocenters. The third-order valence-corrected chi connectivity index (χ3v) is 4.34. The molecule has 1 aromatic rings. The lowest BCUT2D eigenvalue weighted by atomic mass is 9.95. The summed E-state index contributed by atoms with van der Waals surface area (Å²) in [6, 6.07) is 8.20. The number of benzene rings is 1. The van der Waals surface area contributed by atoms with E-state index in [-0.39, 0.29) is 11.8 Å². The molecule has 18 heavy (non-hydrogen) atoms. The molecule has 1 aliphatic rings. The van der Waals surface area contributed by atoms with Gasteiger partial charge in [-0.15, -0.1) is 6.58 Å². The van der Waals surface area contributed by atoms with E-state index in [0.29, 0.717) is 6.54 Å². The highest BCUT2D eigenvalue weighted by Crippen LogP contribution is 2.21. The highest BCUT2D eigenvalue weighted by molar-refractivity contribution is 7.89. The van der Waals surface area contributed by atoms with Crippen LogP contribution in [0, 0.1) is 0 Å². The molecule has 0 bridgehead atoms. The van der Waals surface area contributed by atoms with Crippen molar-refractivity contribution in [3.63, 3.8) is 0 Å². The number of sulfonamides is 1. The van der Waals surface area contributed by atoms with Gasteiger partial charge in [-0.3, -0.25) is 0 Å². The Labute approximate surface area is 108 Å². The Morgan fingerprint density at radius 1 is 1.44 bits per heavy atom. The van der Waals surface area contributed by atoms with E-state index in [1.165, 1.54) is 17.2 Å². The van der Waals surface area contributed by atoms with Crippen molar-refractivity contribution in [2.75, 3.05) is 18.8 Å². The van der Waals surface area contributed by atoms with Gasteiger partial charge >= 0.3 is 0 Å². The van der Waals surface area contributed by atoms with Gasteiger partial charge in [-0.25, -0.2) is 13.1 Å². The lowest BCUT2D eigenvalue weighted by molar-refractivity contribution is 0.492. The third kappa shape index (κ3) is 3.19. The Kier molecular flexibility index (Phi) is 4.16. The molecule has 1 aromatic carbocycles. The molecule has 1 aliphatic heterocycles. The summed E-state index contributed by atoms with van der Waals surface area (Å²) in [5.74, 6) is -0.0403. The van der Waals surface area contributed by atoms with Crippen molar-refractivity contribution in [2.45, 2.75) is 12.5 Å². The fourth-order valence-electron chi connectivity index (χ4n) is 2.20. The first kappa shape index (κ1) is 13.3. The van der Waals surface area contributed by atoms with Crippen LogP contribution in [-0.2, 0) is 16.4 Å². The van der Waals surface area contributed by atoms with E-state index in [1.807, 2.05) is 18.2 Å². The predicted octanol–water partition coefficient (Wildman–Crippen LogP) is 0.979. The molecule has 1 atom stereocenters. The Balaban J connectivity index is 2.06. The number of nitrogens with one attached hydrogen (secondary N) is 2. The quantitative estimate of drug-likeness (QED) is 0.781. The van der Waals surface area contributed by atoms with Gasteiger partial charge in [0, 0.05) is 12.6 Å². The maximum atomic E-state index is 11.6. The summed E-state index contributed by atoms with van der Waals surface area (Å²) in [5, 5.41) is 3.34. The van der Waals surface area contributed by atoms with Gasteiger partial charge < -0.3 is 5.32 Å². The molecule has 98 valence electrons. The van der Waals surface area contributed by atoms with Crippen molar-refractivity contribution in [1.29, 1.82) is 0 Å².